The highest BCUT2D eigenvalue weighted by molar-refractivity contribution is 7.89. The summed E-state index contributed by atoms with van der Waals surface area (Å²) >= 11 is 0. The molecule has 0 amide bonds. The van der Waals surface area contributed by atoms with Crippen LogP contribution in [-0.4, -0.2) is 46.8 Å². The van der Waals surface area contributed by atoms with Gasteiger partial charge in [0.1, 0.15) is 4.90 Å². The van der Waals surface area contributed by atoms with E-state index >= 15 is 0 Å². The van der Waals surface area contributed by atoms with Gasteiger partial charge in [0.05, 0.1) is 18.1 Å². The molecule has 2 heterocycles. The fraction of sp³-hybridized carbons (Fsp3) is 0.438. The molecule has 23 heavy (non-hydrogen) atoms. The summed E-state index contributed by atoms with van der Waals surface area (Å²) in [6.45, 7) is 2.28. The predicted molar refractivity (Wildman–Crippen MR) is 86.7 cm³/mol. The fourth-order valence-corrected chi connectivity index (χ4v) is 4.60. The monoisotopic (exact) mass is 335 g/mol. The maximum Gasteiger partial charge on any atom is 0.246 e. The van der Waals surface area contributed by atoms with Gasteiger partial charge in [-0.25, -0.2) is 13.1 Å². The summed E-state index contributed by atoms with van der Waals surface area (Å²) in [5.74, 6) is 0.00476. The molecular formula is C16H21N3O3S. The number of sulfonamides is 1. The van der Waals surface area contributed by atoms with Crippen molar-refractivity contribution in [3.05, 3.63) is 42.7 Å². The van der Waals surface area contributed by atoms with Crippen LogP contribution in [0.1, 0.15) is 19.8 Å². The number of hydrogen-bond acceptors (Lipinski definition) is 4. The van der Waals surface area contributed by atoms with E-state index in [9.17, 15) is 13.5 Å². The summed E-state index contributed by atoms with van der Waals surface area (Å²) < 4.78 is 28.8. The number of piperidine rings is 1. The van der Waals surface area contributed by atoms with Gasteiger partial charge in [-0.1, -0.05) is 18.2 Å². The molecule has 1 N–H and O–H groups in total. The lowest BCUT2D eigenvalue weighted by molar-refractivity contribution is 0.139. The lowest BCUT2D eigenvalue weighted by Gasteiger charge is -2.35. The highest BCUT2D eigenvalue weighted by Gasteiger charge is 2.35. The number of nitrogens with zero attached hydrogens (tertiary/aromatic N) is 3. The molecule has 1 saturated heterocycles. The minimum Gasteiger partial charge on any atom is -0.396 e. The van der Waals surface area contributed by atoms with Gasteiger partial charge in [-0.3, -0.25) is 0 Å². The lowest BCUT2D eigenvalue weighted by atomic mass is 9.96. The molecule has 0 radical (unpaired) electrons. The van der Waals surface area contributed by atoms with E-state index in [1.54, 1.807) is 10.9 Å². The highest BCUT2D eigenvalue weighted by atomic mass is 32.2. The van der Waals surface area contributed by atoms with E-state index in [0.717, 1.165) is 18.5 Å². The predicted octanol–water partition coefficient (Wildman–Crippen LogP) is 1.65. The summed E-state index contributed by atoms with van der Waals surface area (Å²) in [5.41, 5.74) is 0.814. The first-order valence-electron chi connectivity index (χ1n) is 7.75. The molecule has 0 aliphatic carbocycles. The van der Waals surface area contributed by atoms with E-state index < -0.39 is 10.0 Å². The summed E-state index contributed by atoms with van der Waals surface area (Å²) in [5, 5.41) is 13.5. The van der Waals surface area contributed by atoms with Crippen LogP contribution >= 0.6 is 0 Å². The Labute approximate surface area is 136 Å². The third-order valence-electron chi connectivity index (χ3n) is 4.37. The standard InChI is InChI=1S/C16H21N3O3S/c1-13-7-8-14(12-20)10-19(13)23(21,22)16-9-17-18(11-16)15-5-3-2-4-6-15/h2-6,9,11,13-14,20H,7-8,10,12H2,1H3. The van der Waals surface area contributed by atoms with Crippen molar-refractivity contribution in [2.24, 2.45) is 5.92 Å². The van der Waals surface area contributed by atoms with Gasteiger partial charge in [-0.15, -0.1) is 0 Å². The molecule has 1 aliphatic heterocycles. The molecule has 2 unspecified atom stereocenters. The quantitative estimate of drug-likeness (QED) is 0.922. The first-order valence-corrected chi connectivity index (χ1v) is 9.19. The summed E-state index contributed by atoms with van der Waals surface area (Å²) in [7, 11) is -3.60. The summed E-state index contributed by atoms with van der Waals surface area (Å²) in [6.07, 6.45) is 4.54. The van der Waals surface area contributed by atoms with Crippen molar-refractivity contribution < 1.29 is 13.5 Å². The minimum absolute atomic E-state index is 0.00476. The minimum atomic E-state index is -3.60. The molecule has 124 valence electrons. The Hall–Kier alpha value is -1.70. The molecular weight excluding hydrogens is 314 g/mol. The Morgan fingerprint density at radius 2 is 2.00 bits per heavy atom. The largest absolute Gasteiger partial charge is 0.396 e. The molecule has 0 bridgehead atoms. The number of aliphatic hydroxyl groups is 1. The van der Waals surface area contributed by atoms with Crippen LogP contribution in [-0.2, 0) is 10.0 Å². The van der Waals surface area contributed by atoms with Crippen molar-refractivity contribution in [2.75, 3.05) is 13.2 Å². The van der Waals surface area contributed by atoms with Crippen molar-refractivity contribution in [3.8, 4) is 5.69 Å². The van der Waals surface area contributed by atoms with Crippen LogP contribution < -0.4 is 0 Å². The number of rotatable bonds is 4. The van der Waals surface area contributed by atoms with Gasteiger partial charge in [-0.05, 0) is 37.8 Å². The van der Waals surface area contributed by atoms with Crippen LogP contribution in [0.25, 0.3) is 5.69 Å². The average Bonchev–Trinajstić information content (AvgIpc) is 3.07. The number of para-hydroxylation sites is 1. The SMILES string of the molecule is CC1CCC(CO)CN1S(=O)(=O)c1cnn(-c2ccccc2)c1. The molecule has 2 aromatic rings. The topological polar surface area (TPSA) is 75.4 Å². The van der Waals surface area contributed by atoms with Crippen LogP contribution in [0.2, 0.25) is 0 Å². The molecule has 0 saturated carbocycles. The first kappa shape index (κ1) is 16.2. The van der Waals surface area contributed by atoms with Gasteiger partial charge in [-0.2, -0.15) is 9.40 Å². The molecule has 1 aromatic carbocycles. The molecule has 7 heteroatoms. The third-order valence-corrected chi connectivity index (χ3v) is 6.30. The van der Waals surface area contributed by atoms with Crippen molar-refractivity contribution in [3.63, 3.8) is 0 Å². The van der Waals surface area contributed by atoms with Gasteiger partial charge >= 0.3 is 0 Å². The number of aromatic nitrogens is 2. The van der Waals surface area contributed by atoms with Crippen molar-refractivity contribution in [1.29, 1.82) is 0 Å². The van der Waals surface area contributed by atoms with Crippen LogP contribution in [0, 0.1) is 5.92 Å². The molecule has 1 aliphatic rings. The Morgan fingerprint density at radius 3 is 2.70 bits per heavy atom. The van der Waals surface area contributed by atoms with Gasteiger partial charge < -0.3 is 5.11 Å². The van der Waals surface area contributed by atoms with Crippen LogP contribution in [0.3, 0.4) is 0 Å². The fourth-order valence-electron chi connectivity index (χ4n) is 2.93. The Balaban J connectivity index is 1.89. The van der Waals surface area contributed by atoms with E-state index in [1.165, 1.54) is 10.5 Å². The maximum atomic E-state index is 12.9. The first-order chi connectivity index (χ1) is 11.0. The zero-order valence-electron chi connectivity index (χ0n) is 13.0. The van der Waals surface area contributed by atoms with E-state index in [0.29, 0.717) is 6.54 Å². The second-order valence-corrected chi connectivity index (χ2v) is 7.90. The normalized spacial score (nSPS) is 23.0. The van der Waals surface area contributed by atoms with Crippen LogP contribution in [0.15, 0.2) is 47.6 Å². The zero-order valence-corrected chi connectivity index (χ0v) is 13.9. The number of benzene rings is 1. The average molecular weight is 335 g/mol. The second-order valence-electron chi connectivity index (χ2n) is 6.01. The Morgan fingerprint density at radius 1 is 1.26 bits per heavy atom. The second kappa shape index (κ2) is 6.43. The van der Waals surface area contributed by atoms with Crippen LogP contribution in [0.4, 0.5) is 0 Å². The van der Waals surface area contributed by atoms with Gasteiger partial charge in [0.25, 0.3) is 0 Å². The molecule has 2 atom stereocenters. The Kier molecular flexibility index (Phi) is 4.52. The zero-order chi connectivity index (χ0) is 16.4. The van der Waals surface area contributed by atoms with Gasteiger partial charge in [0.2, 0.25) is 10.0 Å². The molecule has 6 nitrogen and oxygen atoms in total. The van der Waals surface area contributed by atoms with Gasteiger partial charge in [0, 0.05) is 19.2 Å². The highest BCUT2D eigenvalue weighted by Crippen LogP contribution is 2.28. The summed E-state index contributed by atoms with van der Waals surface area (Å²) in [6, 6.07) is 9.33. The van der Waals surface area contributed by atoms with E-state index in [2.05, 4.69) is 5.10 Å². The maximum absolute atomic E-state index is 12.9. The van der Waals surface area contributed by atoms with Crippen LogP contribution in [0.5, 0.6) is 0 Å². The van der Waals surface area contributed by atoms with Crippen molar-refractivity contribution in [2.45, 2.75) is 30.7 Å². The van der Waals surface area contributed by atoms with E-state index in [4.69, 9.17) is 0 Å². The third kappa shape index (κ3) is 3.17. The van der Waals surface area contributed by atoms with E-state index in [1.807, 2.05) is 37.3 Å². The van der Waals surface area contributed by atoms with E-state index in [-0.39, 0.29) is 23.5 Å². The van der Waals surface area contributed by atoms with Crippen molar-refractivity contribution in [1.82, 2.24) is 14.1 Å². The number of aliphatic hydroxyl groups excluding tert-OH is 1. The summed E-state index contributed by atoms with van der Waals surface area (Å²) in [4.78, 5) is 0.187. The smallest absolute Gasteiger partial charge is 0.246 e. The van der Waals surface area contributed by atoms with Gasteiger partial charge in [0.15, 0.2) is 0 Å². The Bertz CT molecular complexity index is 758. The molecule has 3 rings (SSSR count). The molecule has 1 aromatic heterocycles. The molecule has 0 spiro atoms. The number of hydrogen-bond donors (Lipinski definition) is 1. The lowest BCUT2D eigenvalue weighted by Crippen LogP contribution is -2.46. The van der Waals surface area contributed by atoms with Crippen molar-refractivity contribution >= 4 is 10.0 Å². The molecule has 1 fully saturated rings.